The molecule has 110 valence electrons. The van der Waals surface area contributed by atoms with Gasteiger partial charge in [0, 0.05) is 22.6 Å². The van der Waals surface area contributed by atoms with Crippen molar-refractivity contribution in [1.29, 1.82) is 0 Å². The molecule has 2 N–H and O–H groups in total. The Morgan fingerprint density at radius 1 is 1.21 bits per heavy atom. The predicted molar refractivity (Wildman–Crippen MR) is 82.9 cm³/mol. The van der Waals surface area contributed by atoms with Crippen LogP contribution in [0.25, 0.3) is 0 Å². The second-order valence-electron chi connectivity index (χ2n) is 4.07. The van der Waals surface area contributed by atoms with Gasteiger partial charge in [0.15, 0.2) is 0 Å². The molecule has 0 radical (unpaired) electrons. The van der Waals surface area contributed by atoms with E-state index in [1.54, 1.807) is 25.2 Å². The van der Waals surface area contributed by atoms with Crippen molar-refractivity contribution >= 4 is 45.6 Å². The maximum absolute atomic E-state index is 11.8. The number of hydrogen-bond donors (Lipinski definition) is 2. The third-order valence-electron chi connectivity index (χ3n) is 2.38. The zero-order chi connectivity index (χ0) is 13.8. The van der Waals surface area contributed by atoms with E-state index < -0.39 is 10.0 Å². The molecule has 0 fully saturated rings. The van der Waals surface area contributed by atoms with Gasteiger partial charge in [0.25, 0.3) is 0 Å². The first kappa shape index (κ1) is 19.0. The molecule has 0 bridgehead atoms. The van der Waals surface area contributed by atoms with E-state index in [1.165, 1.54) is 0 Å². The number of halogens is 3. The lowest BCUT2D eigenvalue weighted by molar-refractivity contribution is 0.553. The van der Waals surface area contributed by atoms with Crippen LogP contribution in [0, 0.1) is 0 Å². The SMILES string of the molecule is CNC(C)CNS(=O)(=O)Cc1cc(Cl)cc(Cl)c1.Cl. The van der Waals surface area contributed by atoms with Gasteiger partial charge in [-0.05, 0) is 37.7 Å². The zero-order valence-corrected chi connectivity index (χ0v) is 13.8. The molecule has 1 rings (SSSR count). The summed E-state index contributed by atoms with van der Waals surface area (Å²) >= 11 is 11.6. The normalized spacial score (nSPS) is 12.8. The van der Waals surface area contributed by atoms with Gasteiger partial charge in [-0.2, -0.15) is 0 Å². The Kier molecular flexibility index (Phi) is 8.27. The fourth-order valence-corrected chi connectivity index (χ4v) is 3.10. The quantitative estimate of drug-likeness (QED) is 0.831. The van der Waals surface area contributed by atoms with E-state index in [9.17, 15) is 8.42 Å². The summed E-state index contributed by atoms with van der Waals surface area (Å²) in [6.45, 7) is 2.23. The van der Waals surface area contributed by atoms with Crippen molar-refractivity contribution in [3.8, 4) is 0 Å². The summed E-state index contributed by atoms with van der Waals surface area (Å²) in [4.78, 5) is 0. The van der Waals surface area contributed by atoms with Crippen LogP contribution in [0.1, 0.15) is 12.5 Å². The summed E-state index contributed by atoms with van der Waals surface area (Å²) in [7, 11) is -1.61. The Balaban J connectivity index is 0.00000324. The summed E-state index contributed by atoms with van der Waals surface area (Å²) in [6, 6.07) is 4.82. The fraction of sp³-hybridized carbons (Fsp3) is 0.455. The Labute approximate surface area is 130 Å². The molecule has 1 atom stereocenters. The number of hydrogen-bond acceptors (Lipinski definition) is 3. The van der Waals surface area contributed by atoms with Crippen LogP contribution >= 0.6 is 35.6 Å². The molecule has 1 aromatic carbocycles. The van der Waals surface area contributed by atoms with Gasteiger partial charge in [-0.3, -0.25) is 0 Å². The summed E-state index contributed by atoms with van der Waals surface area (Å²) in [5.41, 5.74) is 0.567. The number of benzene rings is 1. The fourth-order valence-electron chi connectivity index (χ4n) is 1.32. The van der Waals surface area contributed by atoms with E-state index in [-0.39, 0.29) is 24.2 Å². The Morgan fingerprint density at radius 2 is 1.74 bits per heavy atom. The molecule has 0 saturated carbocycles. The lowest BCUT2D eigenvalue weighted by Crippen LogP contribution is -2.37. The number of nitrogens with one attached hydrogen (secondary N) is 2. The average Bonchev–Trinajstić information content (AvgIpc) is 2.23. The van der Waals surface area contributed by atoms with E-state index in [0.717, 1.165) is 0 Å². The van der Waals surface area contributed by atoms with Gasteiger partial charge in [0.2, 0.25) is 10.0 Å². The van der Waals surface area contributed by atoms with Gasteiger partial charge in [0.05, 0.1) is 5.75 Å². The van der Waals surface area contributed by atoms with E-state index in [1.807, 2.05) is 6.92 Å². The van der Waals surface area contributed by atoms with Gasteiger partial charge in [-0.25, -0.2) is 13.1 Å². The number of rotatable bonds is 6. The molecule has 0 spiro atoms. The van der Waals surface area contributed by atoms with Crippen molar-refractivity contribution in [2.45, 2.75) is 18.7 Å². The van der Waals surface area contributed by atoms with Crippen LogP contribution in [0.2, 0.25) is 10.0 Å². The van der Waals surface area contributed by atoms with Crippen molar-refractivity contribution in [3.05, 3.63) is 33.8 Å². The molecule has 0 aliphatic heterocycles. The lowest BCUT2D eigenvalue weighted by atomic mass is 10.2. The molecule has 1 unspecified atom stereocenters. The Hall–Kier alpha value is -0.0400. The molecule has 8 heteroatoms. The van der Waals surface area contributed by atoms with Crippen molar-refractivity contribution in [2.75, 3.05) is 13.6 Å². The molecule has 0 aromatic heterocycles. The largest absolute Gasteiger partial charge is 0.316 e. The maximum atomic E-state index is 11.8. The standard InChI is InChI=1S/C11H16Cl2N2O2S.ClH/c1-8(14-2)6-15-18(16,17)7-9-3-10(12)5-11(13)4-9;/h3-5,8,14-15H,6-7H2,1-2H3;1H. The van der Waals surface area contributed by atoms with Gasteiger partial charge in [-0.1, -0.05) is 23.2 Å². The molecule has 4 nitrogen and oxygen atoms in total. The van der Waals surface area contributed by atoms with Gasteiger partial charge in [-0.15, -0.1) is 12.4 Å². The first-order valence-corrected chi connectivity index (χ1v) is 7.83. The van der Waals surface area contributed by atoms with Gasteiger partial charge < -0.3 is 5.32 Å². The minimum atomic E-state index is -3.38. The van der Waals surface area contributed by atoms with Crippen LogP contribution < -0.4 is 10.0 Å². The number of likely N-dealkylation sites (N-methyl/N-ethyl adjacent to an activating group) is 1. The van der Waals surface area contributed by atoms with Crippen molar-refractivity contribution in [1.82, 2.24) is 10.0 Å². The highest BCUT2D eigenvalue weighted by Gasteiger charge is 2.13. The second-order valence-corrected chi connectivity index (χ2v) is 6.75. The highest BCUT2D eigenvalue weighted by molar-refractivity contribution is 7.88. The van der Waals surface area contributed by atoms with E-state index in [4.69, 9.17) is 23.2 Å². The second kappa shape index (κ2) is 8.29. The topological polar surface area (TPSA) is 58.2 Å². The highest BCUT2D eigenvalue weighted by Crippen LogP contribution is 2.20. The summed E-state index contributed by atoms with van der Waals surface area (Å²) in [5.74, 6) is -0.135. The minimum absolute atomic E-state index is 0. The molecule has 0 heterocycles. The van der Waals surface area contributed by atoms with Crippen molar-refractivity contribution in [3.63, 3.8) is 0 Å². The van der Waals surface area contributed by atoms with E-state index in [2.05, 4.69) is 10.0 Å². The first-order valence-electron chi connectivity index (χ1n) is 5.42. The maximum Gasteiger partial charge on any atom is 0.215 e. The number of sulfonamides is 1. The summed E-state index contributed by atoms with van der Waals surface area (Å²) < 4.78 is 26.2. The minimum Gasteiger partial charge on any atom is -0.316 e. The van der Waals surface area contributed by atoms with E-state index >= 15 is 0 Å². The van der Waals surface area contributed by atoms with Crippen LogP contribution in [0.4, 0.5) is 0 Å². The zero-order valence-electron chi connectivity index (χ0n) is 10.6. The molecular weight excluding hydrogens is 331 g/mol. The molecule has 0 saturated heterocycles. The third-order valence-corrected chi connectivity index (χ3v) is 4.14. The monoisotopic (exact) mass is 346 g/mol. The van der Waals surface area contributed by atoms with Crippen LogP contribution in [0.5, 0.6) is 0 Å². The molecule has 0 aliphatic rings. The highest BCUT2D eigenvalue weighted by atomic mass is 35.5. The lowest BCUT2D eigenvalue weighted by Gasteiger charge is -2.12. The summed E-state index contributed by atoms with van der Waals surface area (Å²) in [5, 5.41) is 3.80. The van der Waals surface area contributed by atoms with Crippen LogP contribution in [0.3, 0.4) is 0 Å². The van der Waals surface area contributed by atoms with Crippen LogP contribution in [0.15, 0.2) is 18.2 Å². The third kappa shape index (κ3) is 7.34. The van der Waals surface area contributed by atoms with Crippen molar-refractivity contribution in [2.24, 2.45) is 0 Å². The van der Waals surface area contributed by atoms with Gasteiger partial charge in [0.1, 0.15) is 0 Å². The Bertz CT molecular complexity index is 488. The van der Waals surface area contributed by atoms with Crippen molar-refractivity contribution < 1.29 is 8.42 Å². The molecule has 0 aliphatic carbocycles. The Morgan fingerprint density at radius 3 is 2.21 bits per heavy atom. The average molecular weight is 348 g/mol. The van der Waals surface area contributed by atoms with Crippen LogP contribution in [-0.2, 0) is 15.8 Å². The van der Waals surface area contributed by atoms with Gasteiger partial charge >= 0.3 is 0 Å². The smallest absolute Gasteiger partial charge is 0.215 e. The van der Waals surface area contributed by atoms with Crippen LogP contribution in [-0.4, -0.2) is 28.1 Å². The molecule has 0 amide bonds. The molecule has 19 heavy (non-hydrogen) atoms. The molecular formula is C11H17Cl3N2O2S. The molecule has 1 aromatic rings. The first-order chi connectivity index (χ1) is 8.32. The summed E-state index contributed by atoms with van der Waals surface area (Å²) in [6.07, 6.45) is 0. The predicted octanol–water partition coefficient (Wildman–Crippen LogP) is 2.44. The van der Waals surface area contributed by atoms with E-state index in [0.29, 0.717) is 22.2 Å².